The zero-order valence-electron chi connectivity index (χ0n) is 14.7. The van der Waals surface area contributed by atoms with E-state index in [1.54, 1.807) is 16.7 Å². The lowest BCUT2D eigenvalue weighted by atomic mass is 9.96. The van der Waals surface area contributed by atoms with Crippen LogP contribution in [0.5, 0.6) is 0 Å². The highest BCUT2D eigenvalue weighted by Gasteiger charge is 2.38. The summed E-state index contributed by atoms with van der Waals surface area (Å²) in [5.41, 5.74) is 0. The Kier molecular flexibility index (Phi) is 5.46. The average molecular weight is 353 g/mol. The Morgan fingerprint density at radius 1 is 0.920 bits per heavy atom. The van der Waals surface area contributed by atoms with E-state index >= 15 is 0 Å². The molecule has 3 atom stereocenters. The number of hydrogen-bond donors (Lipinski definition) is 1. The van der Waals surface area contributed by atoms with Crippen molar-refractivity contribution in [3.63, 3.8) is 0 Å². The largest absolute Gasteiger partial charge is 0.479 e. The molecule has 3 fully saturated rings. The molecule has 3 amide bonds. The number of morpholine rings is 1. The minimum Gasteiger partial charge on any atom is -0.479 e. The van der Waals surface area contributed by atoms with Crippen molar-refractivity contribution >= 4 is 17.9 Å². The van der Waals surface area contributed by atoms with Crippen molar-refractivity contribution in [3.05, 3.63) is 0 Å². The van der Waals surface area contributed by atoms with Crippen molar-refractivity contribution in [3.8, 4) is 0 Å². The normalized spacial score (nSPS) is 30.4. The first-order valence-electron chi connectivity index (χ1n) is 9.16. The lowest BCUT2D eigenvalue weighted by Crippen LogP contribution is -2.55. The average Bonchev–Trinajstić information content (AvgIpc) is 3.14. The molecule has 140 valence electrons. The van der Waals surface area contributed by atoms with E-state index in [0.717, 1.165) is 38.8 Å². The van der Waals surface area contributed by atoms with Crippen molar-refractivity contribution in [1.29, 1.82) is 0 Å². The topological polar surface area (TPSA) is 90.4 Å². The highest BCUT2D eigenvalue weighted by Crippen LogP contribution is 2.23. The fraction of sp³-hybridized carbons (Fsp3) is 0.824. The van der Waals surface area contributed by atoms with Crippen LogP contribution in [-0.2, 0) is 14.3 Å². The van der Waals surface area contributed by atoms with Crippen LogP contribution in [0.1, 0.15) is 32.6 Å². The summed E-state index contributed by atoms with van der Waals surface area (Å²) in [7, 11) is 0. The maximum atomic E-state index is 12.9. The van der Waals surface area contributed by atoms with Gasteiger partial charge in [0.15, 0.2) is 6.10 Å². The standard InChI is InChI=1S/C17H27N3O5/c1-12-9-20(11-14(25-12)16(22)23)15(21)13-5-4-8-19(10-13)17(24)18-6-2-3-7-18/h12-14H,2-11H2,1H3,(H,22,23)/t12-,13?,14-/m1/s1. The summed E-state index contributed by atoms with van der Waals surface area (Å²) in [6.07, 6.45) is 2.36. The maximum absolute atomic E-state index is 12.9. The van der Waals surface area contributed by atoms with Gasteiger partial charge in [-0.25, -0.2) is 9.59 Å². The molecule has 0 aromatic carbocycles. The monoisotopic (exact) mass is 353 g/mol. The van der Waals surface area contributed by atoms with Crippen LogP contribution in [-0.4, -0.2) is 89.2 Å². The summed E-state index contributed by atoms with van der Waals surface area (Å²) in [4.78, 5) is 41.9. The third-order valence-electron chi connectivity index (χ3n) is 5.27. The fourth-order valence-electron chi connectivity index (χ4n) is 3.99. The van der Waals surface area contributed by atoms with Crippen LogP contribution in [0.3, 0.4) is 0 Å². The summed E-state index contributed by atoms with van der Waals surface area (Å²) < 4.78 is 5.38. The van der Waals surface area contributed by atoms with Gasteiger partial charge in [-0.3, -0.25) is 4.79 Å². The number of carbonyl (C=O) groups excluding carboxylic acids is 2. The molecule has 3 heterocycles. The zero-order valence-corrected chi connectivity index (χ0v) is 14.7. The second-order valence-corrected chi connectivity index (χ2v) is 7.28. The Balaban J connectivity index is 1.61. The first-order valence-corrected chi connectivity index (χ1v) is 9.16. The molecule has 3 aliphatic heterocycles. The SMILES string of the molecule is C[C@@H]1CN(C(=O)C2CCCN(C(=O)N3CCCC3)C2)C[C@H](C(=O)O)O1. The Morgan fingerprint density at radius 2 is 1.60 bits per heavy atom. The van der Waals surface area contributed by atoms with Crippen molar-refractivity contribution in [2.24, 2.45) is 5.92 Å². The lowest BCUT2D eigenvalue weighted by Gasteiger charge is -2.40. The zero-order chi connectivity index (χ0) is 18.0. The number of likely N-dealkylation sites (tertiary alicyclic amines) is 2. The number of hydrogen-bond acceptors (Lipinski definition) is 4. The van der Waals surface area contributed by atoms with Crippen LogP contribution in [0.25, 0.3) is 0 Å². The number of amides is 3. The second-order valence-electron chi connectivity index (χ2n) is 7.28. The minimum atomic E-state index is -1.04. The number of ether oxygens (including phenoxy) is 1. The van der Waals surface area contributed by atoms with Gasteiger partial charge in [0.05, 0.1) is 18.6 Å². The van der Waals surface area contributed by atoms with Crippen LogP contribution < -0.4 is 0 Å². The molecule has 0 aliphatic carbocycles. The van der Waals surface area contributed by atoms with E-state index < -0.39 is 12.1 Å². The molecule has 3 aliphatic rings. The van der Waals surface area contributed by atoms with Gasteiger partial charge < -0.3 is 24.5 Å². The summed E-state index contributed by atoms with van der Waals surface area (Å²) in [6, 6.07) is 0.0359. The number of aliphatic carboxylic acids is 1. The third kappa shape index (κ3) is 4.05. The Labute approximate surface area is 147 Å². The third-order valence-corrected chi connectivity index (χ3v) is 5.27. The van der Waals surface area contributed by atoms with Gasteiger partial charge in [-0.15, -0.1) is 0 Å². The molecule has 25 heavy (non-hydrogen) atoms. The predicted octanol–water partition coefficient (Wildman–Crippen LogP) is 0.615. The van der Waals surface area contributed by atoms with E-state index in [-0.39, 0.29) is 30.5 Å². The molecule has 1 N–H and O–H groups in total. The molecule has 3 rings (SSSR count). The van der Waals surface area contributed by atoms with Crippen molar-refractivity contribution in [2.45, 2.75) is 44.8 Å². The summed E-state index contributed by atoms with van der Waals surface area (Å²) in [6.45, 7) is 4.98. The van der Waals surface area contributed by atoms with Crippen LogP contribution in [0, 0.1) is 5.92 Å². The van der Waals surface area contributed by atoms with E-state index in [1.807, 2.05) is 4.90 Å². The maximum Gasteiger partial charge on any atom is 0.334 e. The molecular formula is C17H27N3O5. The van der Waals surface area contributed by atoms with E-state index in [0.29, 0.717) is 19.6 Å². The number of carboxylic acid groups (broad SMARTS) is 1. The van der Waals surface area contributed by atoms with Gasteiger partial charge in [-0.05, 0) is 32.6 Å². The molecule has 0 spiro atoms. The minimum absolute atomic E-state index is 0.0359. The molecule has 0 bridgehead atoms. The highest BCUT2D eigenvalue weighted by molar-refractivity contribution is 5.82. The van der Waals surface area contributed by atoms with Crippen LogP contribution in [0.2, 0.25) is 0 Å². The van der Waals surface area contributed by atoms with Crippen molar-refractivity contribution in [1.82, 2.24) is 14.7 Å². The van der Waals surface area contributed by atoms with Gasteiger partial charge >= 0.3 is 12.0 Å². The quantitative estimate of drug-likeness (QED) is 0.786. The smallest absolute Gasteiger partial charge is 0.334 e. The van der Waals surface area contributed by atoms with Gasteiger partial charge in [0.25, 0.3) is 0 Å². The van der Waals surface area contributed by atoms with Crippen LogP contribution >= 0.6 is 0 Å². The highest BCUT2D eigenvalue weighted by atomic mass is 16.5. The molecule has 0 aromatic heterocycles. The molecule has 0 saturated carbocycles. The van der Waals surface area contributed by atoms with Gasteiger partial charge in [-0.2, -0.15) is 0 Å². The molecule has 0 radical (unpaired) electrons. The van der Waals surface area contributed by atoms with Crippen LogP contribution in [0.4, 0.5) is 4.79 Å². The number of rotatable bonds is 2. The van der Waals surface area contributed by atoms with E-state index in [2.05, 4.69) is 0 Å². The van der Waals surface area contributed by atoms with Gasteiger partial charge in [0.2, 0.25) is 5.91 Å². The van der Waals surface area contributed by atoms with E-state index in [1.165, 1.54) is 0 Å². The molecule has 1 unspecified atom stereocenters. The molecule has 8 heteroatoms. The number of urea groups is 1. The summed E-state index contributed by atoms with van der Waals surface area (Å²) in [5.74, 6) is -1.35. The molecule has 0 aromatic rings. The van der Waals surface area contributed by atoms with E-state index in [4.69, 9.17) is 4.74 Å². The second kappa shape index (κ2) is 7.59. The van der Waals surface area contributed by atoms with Crippen LogP contribution in [0.15, 0.2) is 0 Å². The Morgan fingerprint density at radius 3 is 2.28 bits per heavy atom. The number of nitrogens with zero attached hydrogens (tertiary/aromatic N) is 3. The Bertz CT molecular complexity index is 534. The predicted molar refractivity (Wildman–Crippen MR) is 89.1 cm³/mol. The van der Waals surface area contributed by atoms with E-state index in [9.17, 15) is 19.5 Å². The summed E-state index contributed by atoms with van der Waals surface area (Å²) in [5, 5.41) is 9.18. The fourth-order valence-corrected chi connectivity index (χ4v) is 3.99. The first kappa shape index (κ1) is 18.0. The molecule has 3 saturated heterocycles. The van der Waals surface area contributed by atoms with Gasteiger partial charge in [0.1, 0.15) is 0 Å². The number of piperidine rings is 1. The summed E-state index contributed by atoms with van der Waals surface area (Å²) >= 11 is 0. The molecular weight excluding hydrogens is 326 g/mol. The Hall–Kier alpha value is -1.83. The number of carbonyl (C=O) groups is 3. The number of carboxylic acids is 1. The van der Waals surface area contributed by atoms with Gasteiger partial charge in [-0.1, -0.05) is 0 Å². The lowest BCUT2D eigenvalue weighted by molar-refractivity contribution is -0.168. The first-order chi connectivity index (χ1) is 12.0. The van der Waals surface area contributed by atoms with Crippen molar-refractivity contribution in [2.75, 3.05) is 39.3 Å². The molecule has 8 nitrogen and oxygen atoms in total. The van der Waals surface area contributed by atoms with Gasteiger partial charge in [0, 0.05) is 32.7 Å². The van der Waals surface area contributed by atoms with Crippen molar-refractivity contribution < 1.29 is 24.2 Å².